The molecule has 1 N–H and O–H groups in total. The summed E-state index contributed by atoms with van der Waals surface area (Å²) in [6, 6.07) is 0.699. The number of rotatable bonds is 3. The Morgan fingerprint density at radius 2 is 1.74 bits per heavy atom. The fraction of sp³-hybridized carbons (Fsp3) is 0.947. The maximum Gasteiger partial charge on any atom is 0.410 e. The summed E-state index contributed by atoms with van der Waals surface area (Å²) >= 11 is 0. The van der Waals surface area contributed by atoms with Crippen molar-refractivity contribution in [3.8, 4) is 0 Å². The lowest BCUT2D eigenvalue weighted by Crippen LogP contribution is -2.45. The quantitative estimate of drug-likeness (QED) is 0.851. The highest BCUT2D eigenvalue weighted by Gasteiger charge is 2.28. The second-order valence-electron chi connectivity index (χ2n) is 8.78. The third kappa shape index (κ3) is 5.98. The third-order valence-corrected chi connectivity index (χ3v) is 5.56. The summed E-state index contributed by atoms with van der Waals surface area (Å²) in [5.41, 5.74) is -0.399. The van der Waals surface area contributed by atoms with Crippen LogP contribution < -0.4 is 5.32 Å². The first-order chi connectivity index (χ1) is 10.7. The first-order valence-electron chi connectivity index (χ1n) is 9.46. The minimum absolute atomic E-state index is 0.154. The van der Waals surface area contributed by atoms with Gasteiger partial charge in [-0.05, 0) is 77.2 Å². The van der Waals surface area contributed by atoms with Crippen LogP contribution in [0.1, 0.15) is 66.7 Å². The van der Waals surface area contributed by atoms with E-state index in [0.717, 1.165) is 44.3 Å². The summed E-state index contributed by atoms with van der Waals surface area (Å²) in [6.45, 7) is 13.3. The van der Waals surface area contributed by atoms with Crippen LogP contribution in [-0.2, 0) is 4.74 Å². The molecule has 2 aliphatic rings. The lowest BCUT2D eigenvalue weighted by molar-refractivity contribution is 0.0182. The standard InChI is InChI=1S/C19H36N2O2/c1-14-6-7-17(12-15(14)2)20-13-16-8-10-21(11-9-16)18(22)23-19(3,4)5/h14-17,20H,6-13H2,1-5H3. The molecule has 3 unspecified atom stereocenters. The molecular weight excluding hydrogens is 288 g/mol. The highest BCUT2D eigenvalue weighted by Crippen LogP contribution is 2.29. The van der Waals surface area contributed by atoms with E-state index in [4.69, 9.17) is 4.74 Å². The topological polar surface area (TPSA) is 41.6 Å². The van der Waals surface area contributed by atoms with E-state index in [-0.39, 0.29) is 6.09 Å². The number of likely N-dealkylation sites (tertiary alicyclic amines) is 1. The summed E-state index contributed by atoms with van der Waals surface area (Å²) in [7, 11) is 0. The van der Waals surface area contributed by atoms with Crippen LogP contribution in [0.4, 0.5) is 4.79 Å². The van der Waals surface area contributed by atoms with Crippen LogP contribution in [0.15, 0.2) is 0 Å². The maximum absolute atomic E-state index is 12.1. The molecule has 4 heteroatoms. The highest BCUT2D eigenvalue weighted by atomic mass is 16.6. The fourth-order valence-corrected chi connectivity index (χ4v) is 3.71. The molecule has 0 bridgehead atoms. The van der Waals surface area contributed by atoms with Crippen molar-refractivity contribution in [3.63, 3.8) is 0 Å². The first kappa shape index (κ1) is 18.6. The summed E-state index contributed by atoms with van der Waals surface area (Å²) in [6.07, 6.45) is 6.02. The molecule has 0 aromatic heterocycles. The lowest BCUT2D eigenvalue weighted by atomic mass is 9.79. The van der Waals surface area contributed by atoms with E-state index >= 15 is 0 Å². The van der Waals surface area contributed by atoms with E-state index in [1.165, 1.54) is 19.3 Å². The number of hydrogen-bond donors (Lipinski definition) is 1. The highest BCUT2D eigenvalue weighted by molar-refractivity contribution is 5.68. The first-order valence-corrected chi connectivity index (χ1v) is 9.46. The third-order valence-electron chi connectivity index (χ3n) is 5.56. The normalized spacial score (nSPS) is 30.3. The zero-order chi connectivity index (χ0) is 17.0. The van der Waals surface area contributed by atoms with Gasteiger partial charge in [-0.3, -0.25) is 0 Å². The molecule has 1 aliphatic heterocycles. The number of hydrogen-bond acceptors (Lipinski definition) is 3. The molecule has 1 amide bonds. The summed E-state index contributed by atoms with van der Waals surface area (Å²) in [5.74, 6) is 2.42. The van der Waals surface area contributed by atoms with Crippen molar-refractivity contribution >= 4 is 6.09 Å². The molecule has 0 spiro atoms. The molecule has 1 aliphatic carbocycles. The molecule has 0 aromatic rings. The van der Waals surface area contributed by atoms with E-state index in [9.17, 15) is 4.79 Å². The average Bonchev–Trinajstić information content (AvgIpc) is 2.47. The Morgan fingerprint density at radius 1 is 1.09 bits per heavy atom. The molecule has 4 nitrogen and oxygen atoms in total. The van der Waals surface area contributed by atoms with Gasteiger partial charge in [0.05, 0.1) is 0 Å². The second kappa shape index (κ2) is 7.87. The number of nitrogens with zero attached hydrogens (tertiary/aromatic N) is 1. The Hall–Kier alpha value is -0.770. The van der Waals surface area contributed by atoms with Gasteiger partial charge in [0.2, 0.25) is 0 Å². The molecule has 3 atom stereocenters. The van der Waals surface area contributed by atoms with Gasteiger partial charge in [0.15, 0.2) is 0 Å². The van der Waals surface area contributed by atoms with Crippen molar-refractivity contribution in [1.29, 1.82) is 0 Å². The SMILES string of the molecule is CC1CCC(NCC2CCN(C(=O)OC(C)(C)C)CC2)CC1C. The Kier molecular flexibility index (Phi) is 6.35. The van der Waals surface area contributed by atoms with Crippen LogP contribution in [0.3, 0.4) is 0 Å². The summed E-state index contributed by atoms with van der Waals surface area (Å²) in [4.78, 5) is 13.9. The number of carbonyl (C=O) groups excluding carboxylic acids is 1. The van der Waals surface area contributed by atoms with Crippen LogP contribution >= 0.6 is 0 Å². The molecule has 2 fully saturated rings. The summed E-state index contributed by atoms with van der Waals surface area (Å²) < 4.78 is 5.46. The molecule has 1 heterocycles. The van der Waals surface area contributed by atoms with Crippen molar-refractivity contribution in [2.45, 2.75) is 78.4 Å². The molecule has 0 radical (unpaired) electrons. The van der Waals surface area contributed by atoms with Crippen LogP contribution in [0, 0.1) is 17.8 Å². The van der Waals surface area contributed by atoms with Gasteiger partial charge in [-0.25, -0.2) is 4.79 Å². The van der Waals surface area contributed by atoms with Crippen molar-refractivity contribution < 1.29 is 9.53 Å². The number of nitrogens with one attached hydrogen (secondary N) is 1. The average molecular weight is 325 g/mol. The summed E-state index contributed by atoms with van der Waals surface area (Å²) in [5, 5.41) is 3.79. The monoisotopic (exact) mass is 324 g/mol. The van der Waals surface area contributed by atoms with Crippen molar-refractivity contribution in [3.05, 3.63) is 0 Å². The van der Waals surface area contributed by atoms with E-state index in [1.54, 1.807) is 0 Å². The van der Waals surface area contributed by atoms with E-state index in [2.05, 4.69) is 19.2 Å². The molecule has 23 heavy (non-hydrogen) atoms. The zero-order valence-electron chi connectivity index (χ0n) is 15.7. The number of ether oxygens (including phenoxy) is 1. The molecular formula is C19H36N2O2. The van der Waals surface area contributed by atoms with Gasteiger partial charge in [0.1, 0.15) is 5.60 Å². The predicted octanol–water partition coefficient (Wildman–Crippen LogP) is 4.05. The number of carbonyl (C=O) groups is 1. The lowest BCUT2D eigenvalue weighted by Gasteiger charge is -2.36. The van der Waals surface area contributed by atoms with E-state index in [0.29, 0.717) is 12.0 Å². The Balaban J connectivity index is 1.66. The van der Waals surface area contributed by atoms with Gasteiger partial charge in [0, 0.05) is 19.1 Å². The Morgan fingerprint density at radius 3 is 2.30 bits per heavy atom. The number of piperidine rings is 1. The fourth-order valence-electron chi connectivity index (χ4n) is 3.71. The smallest absolute Gasteiger partial charge is 0.410 e. The van der Waals surface area contributed by atoms with Gasteiger partial charge in [0.25, 0.3) is 0 Å². The van der Waals surface area contributed by atoms with E-state index in [1.807, 2.05) is 25.7 Å². The van der Waals surface area contributed by atoms with Crippen LogP contribution in [0.2, 0.25) is 0 Å². The van der Waals surface area contributed by atoms with Crippen LogP contribution in [-0.4, -0.2) is 42.3 Å². The molecule has 1 saturated heterocycles. The predicted molar refractivity (Wildman–Crippen MR) is 94.5 cm³/mol. The molecule has 0 aromatic carbocycles. The minimum Gasteiger partial charge on any atom is -0.444 e. The van der Waals surface area contributed by atoms with Gasteiger partial charge in [-0.1, -0.05) is 13.8 Å². The van der Waals surface area contributed by atoms with Gasteiger partial charge < -0.3 is 15.0 Å². The molecule has 2 rings (SSSR count). The van der Waals surface area contributed by atoms with Crippen molar-refractivity contribution in [2.75, 3.05) is 19.6 Å². The van der Waals surface area contributed by atoms with Crippen molar-refractivity contribution in [1.82, 2.24) is 10.2 Å². The second-order valence-corrected chi connectivity index (χ2v) is 8.78. The number of amides is 1. The van der Waals surface area contributed by atoms with E-state index < -0.39 is 5.60 Å². The van der Waals surface area contributed by atoms with Crippen LogP contribution in [0.25, 0.3) is 0 Å². The van der Waals surface area contributed by atoms with Gasteiger partial charge in [-0.15, -0.1) is 0 Å². The molecule has 134 valence electrons. The zero-order valence-corrected chi connectivity index (χ0v) is 15.7. The van der Waals surface area contributed by atoms with Crippen molar-refractivity contribution in [2.24, 2.45) is 17.8 Å². The largest absolute Gasteiger partial charge is 0.444 e. The van der Waals surface area contributed by atoms with Gasteiger partial charge >= 0.3 is 6.09 Å². The molecule has 1 saturated carbocycles. The van der Waals surface area contributed by atoms with Crippen LogP contribution in [0.5, 0.6) is 0 Å². The van der Waals surface area contributed by atoms with Gasteiger partial charge in [-0.2, -0.15) is 0 Å². The Labute approximate surface area is 142 Å². The maximum atomic E-state index is 12.1. The minimum atomic E-state index is -0.399. The Bertz CT molecular complexity index is 383.